The van der Waals surface area contributed by atoms with Crippen molar-refractivity contribution in [2.24, 2.45) is 0 Å². The number of hydrogen-bond donors (Lipinski definition) is 2. The van der Waals surface area contributed by atoms with Gasteiger partial charge < -0.3 is 14.7 Å². The molecule has 4 rings (SSSR count). The molecule has 0 bridgehead atoms. The second-order valence-corrected chi connectivity index (χ2v) is 4.84. The maximum absolute atomic E-state index is 12.4. The zero-order valence-corrected chi connectivity index (χ0v) is 11.1. The summed E-state index contributed by atoms with van der Waals surface area (Å²) in [5.41, 5.74) is 3.28. The standard InChI is InChI=1S/C16H12N4O/c21-16(11-5-6-20-10-17-8-12(20)7-11)19-15-9-18-14-4-2-1-3-13(14)15/h1-10,18H,(H,19,21). The lowest BCUT2D eigenvalue weighted by atomic mass is 10.2. The Morgan fingerprint density at radius 2 is 2.14 bits per heavy atom. The van der Waals surface area contributed by atoms with Crippen LogP contribution in [-0.4, -0.2) is 20.3 Å². The number of nitrogens with zero attached hydrogens (tertiary/aromatic N) is 2. The summed E-state index contributed by atoms with van der Waals surface area (Å²) in [6.45, 7) is 0. The zero-order chi connectivity index (χ0) is 14.2. The Kier molecular flexibility index (Phi) is 2.50. The molecule has 4 aromatic rings. The van der Waals surface area contributed by atoms with Gasteiger partial charge in [0.2, 0.25) is 0 Å². The molecule has 5 nitrogen and oxygen atoms in total. The first kappa shape index (κ1) is 11.7. The van der Waals surface area contributed by atoms with Crippen molar-refractivity contribution in [3.8, 4) is 0 Å². The zero-order valence-electron chi connectivity index (χ0n) is 11.1. The molecular formula is C16H12N4O. The molecule has 0 saturated carbocycles. The molecule has 1 amide bonds. The second-order valence-electron chi connectivity index (χ2n) is 4.84. The summed E-state index contributed by atoms with van der Waals surface area (Å²) in [6, 6.07) is 11.4. The molecule has 0 aliphatic rings. The number of fused-ring (bicyclic) bond motifs is 2. The predicted octanol–water partition coefficient (Wildman–Crippen LogP) is 3.07. The van der Waals surface area contributed by atoms with E-state index >= 15 is 0 Å². The third-order valence-corrected chi connectivity index (χ3v) is 3.51. The molecule has 3 heterocycles. The molecule has 102 valence electrons. The van der Waals surface area contributed by atoms with E-state index in [0.717, 1.165) is 22.1 Å². The molecule has 5 heteroatoms. The minimum absolute atomic E-state index is 0.136. The first-order valence-electron chi connectivity index (χ1n) is 6.60. The Morgan fingerprint density at radius 3 is 3.10 bits per heavy atom. The summed E-state index contributed by atoms with van der Waals surface area (Å²) in [4.78, 5) is 19.6. The van der Waals surface area contributed by atoms with Crippen LogP contribution in [-0.2, 0) is 0 Å². The quantitative estimate of drug-likeness (QED) is 0.591. The Balaban J connectivity index is 1.68. The van der Waals surface area contributed by atoms with Gasteiger partial charge in [-0.1, -0.05) is 18.2 Å². The van der Waals surface area contributed by atoms with Crippen LogP contribution in [0.2, 0.25) is 0 Å². The van der Waals surface area contributed by atoms with Crippen LogP contribution in [0.3, 0.4) is 0 Å². The molecule has 0 fully saturated rings. The Labute approximate surface area is 120 Å². The van der Waals surface area contributed by atoms with E-state index in [0.29, 0.717) is 5.56 Å². The molecule has 1 aromatic carbocycles. The Hall–Kier alpha value is -3.08. The fourth-order valence-corrected chi connectivity index (χ4v) is 2.43. The molecule has 0 atom stereocenters. The van der Waals surface area contributed by atoms with Gasteiger partial charge in [-0.05, 0) is 18.2 Å². The highest BCUT2D eigenvalue weighted by Gasteiger charge is 2.10. The normalized spacial score (nSPS) is 11.0. The number of imidazole rings is 1. The van der Waals surface area contributed by atoms with Gasteiger partial charge in [0, 0.05) is 28.9 Å². The van der Waals surface area contributed by atoms with Crippen LogP contribution < -0.4 is 5.32 Å². The van der Waals surface area contributed by atoms with E-state index in [9.17, 15) is 4.79 Å². The number of anilines is 1. The van der Waals surface area contributed by atoms with E-state index < -0.39 is 0 Å². The van der Waals surface area contributed by atoms with Crippen molar-refractivity contribution >= 4 is 28.0 Å². The minimum Gasteiger partial charge on any atom is -0.359 e. The molecule has 21 heavy (non-hydrogen) atoms. The number of hydrogen-bond acceptors (Lipinski definition) is 2. The molecule has 0 radical (unpaired) electrons. The van der Waals surface area contributed by atoms with Crippen molar-refractivity contribution in [1.82, 2.24) is 14.4 Å². The van der Waals surface area contributed by atoms with E-state index in [1.165, 1.54) is 0 Å². The van der Waals surface area contributed by atoms with Crippen LogP contribution in [0.15, 0.2) is 61.3 Å². The molecule has 0 aliphatic carbocycles. The third-order valence-electron chi connectivity index (χ3n) is 3.51. The molecular weight excluding hydrogens is 264 g/mol. The van der Waals surface area contributed by atoms with Crippen LogP contribution in [0.1, 0.15) is 10.4 Å². The van der Waals surface area contributed by atoms with Crippen molar-refractivity contribution in [2.75, 3.05) is 5.32 Å². The summed E-state index contributed by atoms with van der Waals surface area (Å²) in [7, 11) is 0. The number of amides is 1. The number of nitrogens with one attached hydrogen (secondary N) is 2. The van der Waals surface area contributed by atoms with Gasteiger partial charge >= 0.3 is 0 Å². The maximum Gasteiger partial charge on any atom is 0.255 e. The summed E-state index contributed by atoms with van der Waals surface area (Å²) >= 11 is 0. The fraction of sp³-hybridized carbons (Fsp3) is 0. The van der Waals surface area contributed by atoms with Gasteiger partial charge in [0.1, 0.15) is 0 Å². The number of carbonyl (C=O) groups excluding carboxylic acids is 1. The van der Waals surface area contributed by atoms with Crippen LogP contribution in [0.4, 0.5) is 5.69 Å². The first-order chi connectivity index (χ1) is 10.3. The van der Waals surface area contributed by atoms with Crippen molar-refractivity contribution in [1.29, 1.82) is 0 Å². The average molecular weight is 276 g/mol. The van der Waals surface area contributed by atoms with E-state index in [1.54, 1.807) is 24.8 Å². The summed E-state index contributed by atoms with van der Waals surface area (Å²) in [5.74, 6) is -0.136. The van der Waals surface area contributed by atoms with Gasteiger partial charge in [-0.15, -0.1) is 0 Å². The smallest absolute Gasteiger partial charge is 0.255 e. The number of rotatable bonds is 2. The van der Waals surface area contributed by atoms with Gasteiger partial charge in [0.05, 0.1) is 23.7 Å². The van der Waals surface area contributed by atoms with Crippen molar-refractivity contribution in [2.45, 2.75) is 0 Å². The monoisotopic (exact) mass is 276 g/mol. The van der Waals surface area contributed by atoms with Crippen LogP contribution in [0, 0.1) is 0 Å². The number of aromatic nitrogens is 3. The molecule has 0 unspecified atom stereocenters. The summed E-state index contributed by atoms with van der Waals surface area (Å²) in [6.07, 6.45) is 7.06. The highest BCUT2D eigenvalue weighted by molar-refractivity contribution is 6.09. The number of para-hydroxylation sites is 1. The van der Waals surface area contributed by atoms with E-state index in [-0.39, 0.29) is 5.91 Å². The highest BCUT2D eigenvalue weighted by atomic mass is 16.1. The number of pyridine rings is 1. The third kappa shape index (κ3) is 1.95. The van der Waals surface area contributed by atoms with Gasteiger partial charge in [-0.25, -0.2) is 4.98 Å². The largest absolute Gasteiger partial charge is 0.359 e. The van der Waals surface area contributed by atoms with Gasteiger partial charge in [-0.2, -0.15) is 0 Å². The number of aromatic amines is 1. The SMILES string of the molecule is O=C(Nc1c[nH]c2ccccc12)c1ccn2cncc2c1. The summed E-state index contributed by atoms with van der Waals surface area (Å²) in [5, 5.41) is 3.93. The van der Waals surface area contributed by atoms with Crippen LogP contribution >= 0.6 is 0 Å². The van der Waals surface area contributed by atoms with Crippen LogP contribution in [0.25, 0.3) is 16.4 Å². The Morgan fingerprint density at radius 1 is 1.24 bits per heavy atom. The minimum atomic E-state index is -0.136. The molecule has 3 aromatic heterocycles. The number of benzene rings is 1. The topological polar surface area (TPSA) is 62.2 Å². The Bertz CT molecular complexity index is 951. The van der Waals surface area contributed by atoms with E-state index in [1.807, 2.05) is 40.9 Å². The van der Waals surface area contributed by atoms with Crippen molar-refractivity contribution in [3.05, 3.63) is 66.9 Å². The maximum atomic E-state index is 12.4. The van der Waals surface area contributed by atoms with Crippen molar-refractivity contribution < 1.29 is 4.79 Å². The first-order valence-corrected chi connectivity index (χ1v) is 6.60. The predicted molar refractivity (Wildman–Crippen MR) is 81.4 cm³/mol. The number of H-pyrrole nitrogens is 1. The lowest BCUT2D eigenvalue weighted by Crippen LogP contribution is -2.11. The molecule has 0 spiro atoms. The molecule has 2 N–H and O–H groups in total. The molecule has 0 saturated heterocycles. The average Bonchev–Trinajstić information content (AvgIpc) is 3.13. The second kappa shape index (κ2) is 4.49. The van der Waals surface area contributed by atoms with Crippen molar-refractivity contribution in [3.63, 3.8) is 0 Å². The summed E-state index contributed by atoms with van der Waals surface area (Å²) < 4.78 is 1.86. The van der Waals surface area contributed by atoms with E-state index in [2.05, 4.69) is 15.3 Å². The fourth-order valence-electron chi connectivity index (χ4n) is 2.43. The van der Waals surface area contributed by atoms with Gasteiger partial charge in [0.15, 0.2) is 0 Å². The van der Waals surface area contributed by atoms with E-state index in [4.69, 9.17) is 0 Å². The lowest BCUT2D eigenvalue weighted by Gasteiger charge is -2.04. The lowest BCUT2D eigenvalue weighted by molar-refractivity contribution is 0.102. The number of carbonyl (C=O) groups is 1. The van der Waals surface area contributed by atoms with Gasteiger partial charge in [0.25, 0.3) is 5.91 Å². The highest BCUT2D eigenvalue weighted by Crippen LogP contribution is 2.23. The van der Waals surface area contributed by atoms with Crippen LogP contribution in [0.5, 0.6) is 0 Å². The van der Waals surface area contributed by atoms with Gasteiger partial charge in [-0.3, -0.25) is 4.79 Å². The molecule has 0 aliphatic heterocycles.